The van der Waals surface area contributed by atoms with Crippen molar-refractivity contribution in [2.75, 3.05) is 0 Å². The van der Waals surface area contributed by atoms with E-state index >= 15 is 0 Å². The number of benzene rings is 1. The normalized spacial score (nSPS) is 17.7. The number of carbonyl (C=O) groups is 1. The van der Waals surface area contributed by atoms with E-state index in [-0.39, 0.29) is 11.4 Å². The Morgan fingerprint density at radius 1 is 1.24 bits per heavy atom. The van der Waals surface area contributed by atoms with Gasteiger partial charge in [0.05, 0.1) is 5.57 Å². The molecular formula is C21H20ClN5OS. The lowest BCUT2D eigenvalue weighted by Gasteiger charge is -2.20. The van der Waals surface area contributed by atoms with E-state index in [1.807, 2.05) is 52.0 Å². The highest BCUT2D eigenvalue weighted by Crippen LogP contribution is 2.31. The summed E-state index contributed by atoms with van der Waals surface area (Å²) in [4.78, 5) is 16.7. The maximum atomic E-state index is 12.6. The summed E-state index contributed by atoms with van der Waals surface area (Å²) < 4.78 is 2.09. The standard InChI is InChI=1S/C21H20ClN5OS/c1-5-18-25-27-19(23)16(20(28)24-21(27)29-18)9-14-8-12(3)26(13(14)4)15-7-6-11(2)17(22)10-15/h6-10,23H,5H2,1-4H3/b16-9+,23-19?. The van der Waals surface area contributed by atoms with Crippen LogP contribution in [0.25, 0.3) is 11.8 Å². The second-order valence-electron chi connectivity index (χ2n) is 6.96. The van der Waals surface area contributed by atoms with Gasteiger partial charge in [0.1, 0.15) is 5.04 Å². The zero-order valence-electron chi connectivity index (χ0n) is 16.6. The van der Waals surface area contributed by atoms with Crippen LogP contribution in [0.15, 0.2) is 39.9 Å². The number of thioether (sulfide) groups is 1. The van der Waals surface area contributed by atoms with Crippen molar-refractivity contribution in [2.24, 2.45) is 10.1 Å². The first-order chi connectivity index (χ1) is 13.8. The van der Waals surface area contributed by atoms with Gasteiger partial charge in [-0.15, -0.1) is 0 Å². The average molecular weight is 426 g/mol. The zero-order valence-corrected chi connectivity index (χ0v) is 18.1. The fraction of sp³-hybridized carbons (Fsp3) is 0.238. The summed E-state index contributed by atoms with van der Waals surface area (Å²) in [5.74, 6) is -0.358. The molecule has 148 valence electrons. The number of rotatable bonds is 3. The molecule has 1 aromatic carbocycles. The lowest BCUT2D eigenvalue weighted by molar-refractivity contribution is -0.114. The molecule has 0 saturated heterocycles. The largest absolute Gasteiger partial charge is 0.318 e. The van der Waals surface area contributed by atoms with Crippen LogP contribution in [0.5, 0.6) is 0 Å². The fourth-order valence-corrected chi connectivity index (χ4v) is 4.38. The molecule has 0 radical (unpaired) electrons. The molecule has 0 bridgehead atoms. The summed E-state index contributed by atoms with van der Waals surface area (Å²) in [5.41, 5.74) is 5.04. The van der Waals surface area contributed by atoms with Gasteiger partial charge in [-0.3, -0.25) is 10.2 Å². The molecule has 0 fully saturated rings. The van der Waals surface area contributed by atoms with Crippen molar-refractivity contribution in [3.05, 3.63) is 57.4 Å². The van der Waals surface area contributed by atoms with Crippen molar-refractivity contribution in [1.29, 1.82) is 5.41 Å². The van der Waals surface area contributed by atoms with Crippen molar-refractivity contribution in [3.8, 4) is 5.69 Å². The molecule has 3 heterocycles. The first kappa shape index (κ1) is 19.7. The maximum absolute atomic E-state index is 12.6. The van der Waals surface area contributed by atoms with Gasteiger partial charge >= 0.3 is 0 Å². The lowest BCUT2D eigenvalue weighted by atomic mass is 10.1. The van der Waals surface area contributed by atoms with Crippen molar-refractivity contribution in [2.45, 2.75) is 34.1 Å². The second kappa shape index (κ2) is 7.31. The molecule has 4 rings (SSSR count). The van der Waals surface area contributed by atoms with Crippen molar-refractivity contribution < 1.29 is 4.79 Å². The van der Waals surface area contributed by atoms with Crippen LogP contribution in [-0.4, -0.2) is 31.5 Å². The van der Waals surface area contributed by atoms with Crippen molar-refractivity contribution >= 4 is 51.4 Å². The minimum absolute atomic E-state index is 0.0548. The zero-order chi connectivity index (χ0) is 20.9. The van der Waals surface area contributed by atoms with Crippen molar-refractivity contribution in [3.63, 3.8) is 0 Å². The first-order valence-electron chi connectivity index (χ1n) is 9.24. The molecule has 0 saturated carbocycles. The van der Waals surface area contributed by atoms with E-state index in [1.165, 1.54) is 16.8 Å². The van der Waals surface area contributed by atoms with Crippen LogP contribution in [0.2, 0.25) is 5.02 Å². The summed E-state index contributed by atoms with van der Waals surface area (Å²) in [6.45, 7) is 7.94. The molecular weight excluding hydrogens is 406 g/mol. The number of hydrogen-bond donors (Lipinski definition) is 1. The molecule has 2 aliphatic heterocycles. The highest BCUT2D eigenvalue weighted by Gasteiger charge is 2.35. The third kappa shape index (κ3) is 3.34. The van der Waals surface area contributed by atoms with E-state index in [2.05, 4.69) is 14.7 Å². The number of hydrazone groups is 1. The quantitative estimate of drug-likeness (QED) is 0.696. The Kier molecular flexibility index (Phi) is 4.96. The van der Waals surface area contributed by atoms with Gasteiger partial charge in [-0.2, -0.15) is 15.1 Å². The molecule has 0 unspecified atom stereocenters. The smallest absolute Gasteiger partial charge is 0.283 e. The van der Waals surface area contributed by atoms with E-state index in [1.54, 1.807) is 6.08 Å². The molecule has 1 aromatic heterocycles. The van der Waals surface area contributed by atoms with E-state index in [0.717, 1.165) is 39.7 Å². The number of nitrogens with one attached hydrogen (secondary N) is 1. The predicted octanol–water partition coefficient (Wildman–Crippen LogP) is 5.09. The van der Waals surface area contributed by atoms with Gasteiger partial charge in [0.25, 0.3) is 5.91 Å². The van der Waals surface area contributed by atoms with Crippen LogP contribution in [-0.2, 0) is 4.79 Å². The summed E-state index contributed by atoms with van der Waals surface area (Å²) >= 11 is 7.65. The lowest BCUT2D eigenvalue weighted by Crippen LogP contribution is -2.35. The Balaban J connectivity index is 1.76. The molecule has 0 atom stereocenters. The minimum Gasteiger partial charge on any atom is -0.318 e. The topological polar surface area (TPSA) is 73.8 Å². The molecule has 29 heavy (non-hydrogen) atoms. The molecule has 0 aliphatic carbocycles. The number of fused-ring (bicyclic) bond motifs is 1. The fourth-order valence-electron chi connectivity index (χ4n) is 3.38. The number of aromatic nitrogens is 1. The van der Waals surface area contributed by atoms with Gasteiger partial charge in [-0.1, -0.05) is 24.6 Å². The Hall–Kier alpha value is -2.64. The van der Waals surface area contributed by atoms with Crippen LogP contribution in [0.1, 0.15) is 35.9 Å². The van der Waals surface area contributed by atoms with Gasteiger partial charge < -0.3 is 4.57 Å². The number of aliphatic imine (C=N–C) groups is 1. The number of halogens is 1. The first-order valence-corrected chi connectivity index (χ1v) is 10.4. The predicted molar refractivity (Wildman–Crippen MR) is 120 cm³/mol. The Labute approximate surface area is 178 Å². The van der Waals surface area contributed by atoms with Crippen LogP contribution in [0, 0.1) is 26.2 Å². The summed E-state index contributed by atoms with van der Waals surface area (Å²) in [5, 5.41) is 16.3. The van der Waals surface area contributed by atoms with Crippen LogP contribution < -0.4 is 0 Å². The molecule has 1 amide bonds. The summed E-state index contributed by atoms with van der Waals surface area (Å²) in [6, 6.07) is 7.93. The Bertz CT molecular complexity index is 1160. The highest BCUT2D eigenvalue weighted by atomic mass is 35.5. The molecule has 0 spiro atoms. The van der Waals surface area contributed by atoms with Crippen LogP contribution >= 0.6 is 23.4 Å². The van der Waals surface area contributed by atoms with Gasteiger partial charge in [0.15, 0.2) is 5.84 Å². The van der Waals surface area contributed by atoms with E-state index < -0.39 is 5.91 Å². The van der Waals surface area contributed by atoms with Crippen LogP contribution in [0.4, 0.5) is 0 Å². The highest BCUT2D eigenvalue weighted by molar-refractivity contribution is 8.26. The molecule has 6 nitrogen and oxygen atoms in total. The van der Waals surface area contributed by atoms with E-state index in [0.29, 0.717) is 10.2 Å². The van der Waals surface area contributed by atoms with Gasteiger partial charge in [-0.25, -0.2) is 0 Å². The number of amidine groups is 2. The molecule has 1 N–H and O–H groups in total. The number of hydrogen-bond acceptors (Lipinski definition) is 4. The van der Waals surface area contributed by atoms with Crippen molar-refractivity contribution in [1.82, 2.24) is 9.58 Å². The number of aryl methyl sites for hydroxylation is 2. The monoisotopic (exact) mass is 425 g/mol. The summed E-state index contributed by atoms with van der Waals surface area (Å²) in [7, 11) is 0. The molecule has 2 aromatic rings. The minimum atomic E-state index is -0.413. The SMILES string of the molecule is CCC1=NN2C(=N)/C(=C\c3cc(C)n(-c4ccc(C)c(Cl)c4)c3C)C(=O)N=C2S1. The third-order valence-corrected chi connectivity index (χ3v) is 6.44. The Morgan fingerprint density at radius 2 is 2.00 bits per heavy atom. The number of carbonyl (C=O) groups excluding carboxylic acids is 1. The molecule has 8 heteroatoms. The number of amides is 1. The van der Waals surface area contributed by atoms with Gasteiger partial charge in [0.2, 0.25) is 5.17 Å². The molecule has 2 aliphatic rings. The van der Waals surface area contributed by atoms with E-state index in [4.69, 9.17) is 17.0 Å². The maximum Gasteiger partial charge on any atom is 0.283 e. The third-order valence-electron chi connectivity index (χ3n) is 4.98. The second-order valence-corrected chi connectivity index (χ2v) is 8.41. The van der Waals surface area contributed by atoms with Gasteiger partial charge in [0, 0.05) is 22.1 Å². The average Bonchev–Trinajstić information content (AvgIpc) is 3.21. The van der Waals surface area contributed by atoms with Crippen LogP contribution in [0.3, 0.4) is 0 Å². The van der Waals surface area contributed by atoms with E-state index in [9.17, 15) is 4.79 Å². The van der Waals surface area contributed by atoms with Gasteiger partial charge in [-0.05, 0) is 74.4 Å². The number of nitrogens with zero attached hydrogens (tertiary/aromatic N) is 4. The summed E-state index contributed by atoms with van der Waals surface area (Å²) in [6.07, 6.45) is 2.46. The Morgan fingerprint density at radius 3 is 2.69 bits per heavy atom.